The highest BCUT2D eigenvalue weighted by Gasteiger charge is 2.16. The molecule has 0 N–H and O–H groups in total. The maximum Gasteiger partial charge on any atom is 0.205 e. The maximum atomic E-state index is 11.0. The first-order valence-electron chi connectivity index (χ1n) is 3.35. The van der Waals surface area contributed by atoms with E-state index in [1.165, 1.54) is 5.41 Å². The second-order valence-corrected chi connectivity index (χ2v) is 8.70. The zero-order valence-corrected chi connectivity index (χ0v) is 8.98. The van der Waals surface area contributed by atoms with Crippen LogP contribution in [0.3, 0.4) is 0 Å². The minimum absolute atomic E-state index is 1.28. The molecule has 0 aliphatic heterocycles. The molecule has 0 saturated heterocycles. The van der Waals surface area contributed by atoms with Crippen molar-refractivity contribution in [1.29, 1.82) is 0 Å². The third-order valence-electron chi connectivity index (χ3n) is 0.658. The molecule has 0 aliphatic carbocycles. The Labute approximate surface area is 71.8 Å². The number of hydrogen-bond acceptors (Lipinski definition) is 2. The van der Waals surface area contributed by atoms with E-state index in [2.05, 4.69) is 6.58 Å². The molecule has 0 aromatic rings. The first-order chi connectivity index (χ1) is 4.95. The fourth-order valence-electron chi connectivity index (χ4n) is 0.394. The van der Waals surface area contributed by atoms with Crippen LogP contribution in [0, 0.1) is 0 Å². The van der Waals surface area contributed by atoms with Crippen molar-refractivity contribution in [3.8, 4) is 0 Å². The van der Waals surface area contributed by atoms with Crippen LogP contribution in [-0.4, -0.2) is 12.5 Å². The third-order valence-corrected chi connectivity index (χ3v) is 3.69. The van der Waals surface area contributed by atoms with Crippen molar-refractivity contribution in [3.63, 3.8) is 0 Å². The van der Waals surface area contributed by atoms with Crippen LogP contribution in [0.15, 0.2) is 24.1 Å². The molecule has 0 aromatic heterocycles. The third kappa shape index (κ3) is 7.71. The highest BCUT2D eigenvalue weighted by atomic mass is 32.2. The summed E-state index contributed by atoms with van der Waals surface area (Å²) in [5.41, 5.74) is 0. The lowest BCUT2D eigenvalue weighted by molar-refractivity contribution is 0.572. The smallest absolute Gasteiger partial charge is 0.205 e. The summed E-state index contributed by atoms with van der Waals surface area (Å²) in [6.07, 6.45) is 3.20. The number of allylic oxidation sites excluding steroid dienone is 2. The minimum atomic E-state index is -1.66. The first-order valence-corrected chi connectivity index (χ1v) is 7.89. The summed E-state index contributed by atoms with van der Waals surface area (Å²) in [6.45, 7) is 9.44. The Morgan fingerprint density at radius 3 is 2.36 bits per heavy atom. The molecule has 0 fully saturated rings. The molecule has 2 nitrogen and oxygen atoms in total. The van der Waals surface area contributed by atoms with Crippen molar-refractivity contribution < 1.29 is 8.08 Å². The van der Waals surface area contributed by atoms with E-state index in [1.54, 1.807) is 12.2 Å². The molecule has 4 heteroatoms. The molecule has 0 heterocycles. The SMILES string of the molecule is C=C/C=C/S(=O)O[Si](C)(C)C. The molecule has 0 bridgehead atoms. The monoisotopic (exact) mass is 190 g/mol. The van der Waals surface area contributed by atoms with Crippen LogP contribution in [-0.2, 0) is 15.0 Å². The summed E-state index contributed by atoms with van der Waals surface area (Å²) in [5, 5.41) is 1.49. The van der Waals surface area contributed by atoms with Gasteiger partial charge in [-0.15, -0.1) is 0 Å². The van der Waals surface area contributed by atoms with E-state index in [1.807, 2.05) is 19.6 Å². The van der Waals surface area contributed by atoms with E-state index < -0.39 is 19.4 Å². The Morgan fingerprint density at radius 1 is 1.45 bits per heavy atom. The van der Waals surface area contributed by atoms with E-state index >= 15 is 0 Å². The molecule has 0 spiro atoms. The van der Waals surface area contributed by atoms with Gasteiger partial charge in [-0.1, -0.05) is 18.7 Å². The van der Waals surface area contributed by atoms with Crippen LogP contribution in [0.4, 0.5) is 0 Å². The summed E-state index contributed by atoms with van der Waals surface area (Å²) < 4.78 is 16.2. The fourth-order valence-corrected chi connectivity index (χ4v) is 2.83. The Bertz CT molecular complexity index is 181. The highest BCUT2D eigenvalue weighted by molar-refractivity contribution is 7.84. The average molecular weight is 190 g/mol. The lowest BCUT2D eigenvalue weighted by Gasteiger charge is -2.13. The van der Waals surface area contributed by atoms with Gasteiger partial charge in [0.05, 0.1) is 0 Å². The molecular formula is C7H14O2SSi. The topological polar surface area (TPSA) is 26.3 Å². The Balaban J connectivity index is 3.89. The van der Waals surface area contributed by atoms with Crippen molar-refractivity contribution >= 4 is 19.4 Å². The van der Waals surface area contributed by atoms with E-state index in [0.29, 0.717) is 0 Å². The molecule has 0 rings (SSSR count). The zero-order chi connectivity index (χ0) is 8.91. The highest BCUT2D eigenvalue weighted by Crippen LogP contribution is 2.05. The summed E-state index contributed by atoms with van der Waals surface area (Å²) >= 11 is -1.28. The van der Waals surface area contributed by atoms with Gasteiger partial charge >= 0.3 is 0 Å². The quantitative estimate of drug-likeness (QED) is 0.502. The Kier molecular flexibility index (Phi) is 4.56. The molecule has 0 radical (unpaired) electrons. The zero-order valence-electron chi connectivity index (χ0n) is 7.16. The summed E-state index contributed by atoms with van der Waals surface area (Å²) in [5.74, 6) is 0. The second-order valence-electron chi connectivity index (χ2n) is 3.02. The van der Waals surface area contributed by atoms with E-state index in [-0.39, 0.29) is 0 Å². The molecule has 64 valence electrons. The van der Waals surface area contributed by atoms with Crippen molar-refractivity contribution in [3.05, 3.63) is 24.1 Å². The van der Waals surface area contributed by atoms with Gasteiger partial charge < -0.3 is 3.87 Å². The van der Waals surface area contributed by atoms with Gasteiger partial charge in [0.1, 0.15) is 0 Å². The molecule has 1 unspecified atom stereocenters. The van der Waals surface area contributed by atoms with Gasteiger partial charge in [-0.2, -0.15) is 0 Å². The lowest BCUT2D eigenvalue weighted by Crippen LogP contribution is -2.25. The Morgan fingerprint density at radius 2 is 2.00 bits per heavy atom. The van der Waals surface area contributed by atoms with Crippen molar-refractivity contribution in [1.82, 2.24) is 0 Å². The number of hydrogen-bond donors (Lipinski definition) is 0. The van der Waals surface area contributed by atoms with E-state index in [0.717, 1.165) is 0 Å². The van der Waals surface area contributed by atoms with Gasteiger partial charge in [0.2, 0.25) is 8.32 Å². The molecule has 1 atom stereocenters. The fraction of sp³-hybridized carbons (Fsp3) is 0.429. The van der Waals surface area contributed by atoms with Crippen LogP contribution in [0.25, 0.3) is 0 Å². The maximum absolute atomic E-state index is 11.0. The molecular weight excluding hydrogens is 176 g/mol. The van der Waals surface area contributed by atoms with Crippen LogP contribution in [0.2, 0.25) is 19.6 Å². The van der Waals surface area contributed by atoms with Crippen LogP contribution in [0.5, 0.6) is 0 Å². The second kappa shape index (κ2) is 4.64. The van der Waals surface area contributed by atoms with Crippen molar-refractivity contribution in [2.75, 3.05) is 0 Å². The van der Waals surface area contributed by atoms with Crippen molar-refractivity contribution in [2.24, 2.45) is 0 Å². The molecule has 0 saturated carbocycles. The normalized spacial score (nSPS) is 15.2. The summed E-state index contributed by atoms with van der Waals surface area (Å²) in [7, 11) is -1.66. The van der Waals surface area contributed by atoms with Gasteiger partial charge in [-0.25, -0.2) is 4.21 Å². The first kappa shape index (κ1) is 10.8. The summed E-state index contributed by atoms with van der Waals surface area (Å²) in [4.78, 5) is 0. The van der Waals surface area contributed by atoms with Crippen LogP contribution >= 0.6 is 0 Å². The van der Waals surface area contributed by atoms with Crippen LogP contribution < -0.4 is 0 Å². The number of rotatable bonds is 4. The predicted molar refractivity (Wildman–Crippen MR) is 51.9 cm³/mol. The van der Waals surface area contributed by atoms with Gasteiger partial charge in [-0.05, 0) is 19.6 Å². The van der Waals surface area contributed by atoms with Crippen LogP contribution in [0.1, 0.15) is 0 Å². The van der Waals surface area contributed by atoms with Gasteiger partial charge in [0.25, 0.3) is 0 Å². The lowest BCUT2D eigenvalue weighted by atomic mass is 10.6. The minimum Gasteiger partial charge on any atom is -0.332 e. The molecule has 11 heavy (non-hydrogen) atoms. The van der Waals surface area contributed by atoms with Gasteiger partial charge in [0.15, 0.2) is 11.1 Å². The largest absolute Gasteiger partial charge is 0.332 e. The Hall–Kier alpha value is -0.193. The molecule has 0 amide bonds. The van der Waals surface area contributed by atoms with E-state index in [4.69, 9.17) is 3.87 Å². The average Bonchev–Trinajstić information content (AvgIpc) is 1.79. The van der Waals surface area contributed by atoms with Crippen molar-refractivity contribution in [2.45, 2.75) is 19.6 Å². The van der Waals surface area contributed by atoms with E-state index in [9.17, 15) is 4.21 Å². The van der Waals surface area contributed by atoms with Gasteiger partial charge in [-0.3, -0.25) is 0 Å². The summed E-state index contributed by atoms with van der Waals surface area (Å²) in [6, 6.07) is 0. The molecule has 0 aromatic carbocycles. The predicted octanol–water partition coefficient (Wildman–Crippen LogP) is 2.20. The molecule has 0 aliphatic rings. The standard InChI is InChI=1S/C7H14O2SSi/c1-5-6-7-10(8)9-11(2,3)4/h5-7H,1H2,2-4H3/b7-6+. The van der Waals surface area contributed by atoms with Gasteiger partial charge in [0, 0.05) is 5.41 Å².